The van der Waals surface area contributed by atoms with Gasteiger partial charge in [0, 0.05) is 23.6 Å². The van der Waals surface area contributed by atoms with Crippen LogP contribution in [0.2, 0.25) is 5.02 Å². The number of hydrogen-bond acceptors (Lipinski definition) is 4. The van der Waals surface area contributed by atoms with E-state index < -0.39 is 0 Å². The van der Waals surface area contributed by atoms with Crippen LogP contribution in [0.5, 0.6) is 0 Å². The largest absolute Gasteiger partial charge is 0.370 e. The summed E-state index contributed by atoms with van der Waals surface area (Å²) in [5.74, 6) is 1.39. The quantitative estimate of drug-likeness (QED) is 0.907. The van der Waals surface area contributed by atoms with E-state index in [1.807, 2.05) is 38.1 Å². The SMILES string of the molecule is CC(C)c1cc(NC(=O)N2CCOC(c3cccc(Cl)c3)C2)no1. The lowest BCUT2D eigenvalue weighted by Crippen LogP contribution is -2.44. The lowest BCUT2D eigenvalue weighted by atomic mass is 10.1. The molecule has 1 N–H and O–H groups in total. The maximum atomic E-state index is 12.4. The van der Waals surface area contributed by atoms with Gasteiger partial charge in [-0.05, 0) is 17.7 Å². The van der Waals surface area contributed by atoms with E-state index in [2.05, 4.69) is 10.5 Å². The lowest BCUT2D eigenvalue weighted by molar-refractivity contribution is -0.0135. The third kappa shape index (κ3) is 3.88. The number of carbonyl (C=O) groups excluding carboxylic acids is 1. The Hall–Kier alpha value is -2.05. The number of nitrogens with zero attached hydrogens (tertiary/aromatic N) is 2. The Bertz CT molecular complexity index is 717. The second-order valence-corrected chi connectivity index (χ2v) is 6.50. The van der Waals surface area contributed by atoms with Crippen molar-refractivity contribution in [2.24, 2.45) is 0 Å². The van der Waals surface area contributed by atoms with Crippen molar-refractivity contribution in [3.8, 4) is 0 Å². The molecule has 2 heterocycles. The van der Waals surface area contributed by atoms with Gasteiger partial charge in [-0.15, -0.1) is 0 Å². The Morgan fingerprint density at radius 2 is 2.25 bits per heavy atom. The second-order valence-electron chi connectivity index (χ2n) is 6.06. The number of hydrogen-bond donors (Lipinski definition) is 1. The molecule has 128 valence electrons. The van der Waals surface area contributed by atoms with Crippen molar-refractivity contribution in [2.45, 2.75) is 25.9 Å². The van der Waals surface area contributed by atoms with Crippen LogP contribution in [-0.4, -0.2) is 35.8 Å². The Balaban J connectivity index is 1.64. The molecule has 1 fully saturated rings. The van der Waals surface area contributed by atoms with Gasteiger partial charge in [0.1, 0.15) is 11.9 Å². The molecular formula is C17H20ClN3O3. The number of urea groups is 1. The number of carbonyl (C=O) groups is 1. The van der Waals surface area contributed by atoms with Gasteiger partial charge in [0.2, 0.25) is 0 Å². The Kier molecular flexibility index (Phi) is 5.06. The number of benzene rings is 1. The number of ether oxygens (including phenoxy) is 1. The molecular weight excluding hydrogens is 330 g/mol. The molecule has 1 aromatic heterocycles. The average Bonchev–Trinajstić information content (AvgIpc) is 3.04. The van der Waals surface area contributed by atoms with Gasteiger partial charge < -0.3 is 14.2 Å². The fourth-order valence-corrected chi connectivity index (χ4v) is 2.75. The summed E-state index contributed by atoms with van der Waals surface area (Å²) in [5.41, 5.74) is 0.962. The zero-order valence-electron chi connectivity index (χ0n) is 13.7. The monoisotopic (exact) mass is 349 g/mol. The van der Waals surface area contributed by atoms with Gasteiger partial charge in [-0.1, -0.05) is 42.7 Å². The van der Waals surface area contributed by atoms with Crippen molar-refractivity contribution in [3.05, 3.63) is 46.7 Å². The summed E-state index contributed by atoms with van der Waals surface area (Å²) < 4.78 is 11.0. The van der Waals surface area contributed by atoms with Gasteiger partial charge in [-0.3, -0.25) is 5.32 Å². The number of morpholine rings is 1. The Morgan fingerprint density at radius 1 is 1.42 bits per heavy atom. The number of aromatic nitrogens is 1. The number of anilines is 1. The maximum absolute atomic E-state index is 12.4. The van der Waals surface area contributed by atoms with Gasteiger partial charge in [0.15, 0.2) is 5.82 Å². The zero-order chi connectivity index (χ0) is 17.1. The smallest absolute Gasteiger partial charge is 0.323 e. The first-order valence-corrected chi connectivity index (χ1v) is 8.30. The highest BCUT2D eigenvalue weighted by atomic mass is 35.5. The summed E-state index contributed by atoms with van der Waals surface area (Å²) in [6, 6.07) is 9.04. The average molecular weight is 350 g/mol. The van der Waals surface area contributed by atoms with E-state index >= 15 is 0 Å². The van der Waals surface area contributed by atoms with E-state index in [1.165, 1.54) is 0 Å². The molecule has 1 atom stereocenters. The van der Waals surface area contributed by atoms with Gasteiger partial charge in [-0.25, -0.2) is 4.79 Å². The molecule has 1 unspecified atom stereocenters. The van der Waals surface area contributed by atoms with E-state index in [0.717, 1.165) is 11.3 Å². The molecule has 2 aromatic rings. The van der Waals surface area contributed by atoms with Crippen molar-refractivity contribution in [1.82, 2.24) is 10.1 Å². The number of halogens is 1. The first-order valence-electron chi connectivity index (χ1n) is 7.92. The number of rotatable bonds is 3. The summed E-state index contributed by atoms with van der Waals surface area (Å²) in [6.07, 6.45) is -0.188. The van der Waals surface area contributed by atoms with Crippen molar-refractivity contribution in [2.75, 3.05) is 25.0 Å². The van der Waals surface area contributed by atoms with Crippen molar-refractivity contribution in [3.63, 3.8) is 0 Å². The van der Waals surface area contributed by atoms with Gasteiger partial charge in [0.25, 0.3) is 0 Å². The second kappa shape index (κ2) is 7.23. The van der Waals surface area contributed by atoms with Gasteiger partial charge in [-0.2, -0.15) is 0 Å². The zero-order valence-corrected chi connectivity index (χ0v) is 14.4. The maximum Gasteiger partial charge on any atom is 0.323 e. The van der Waals surface area contributed by atoms with Crippen LogP contribution in [-0.2, 0) is 4.74 Å². The minimum absolute atomic E-state index is 0.188. The van der Waals surface area contributed by atoms with E-state index in [-0.39, 0.29) is 18.1 Å². The molecule has 24 heavy (non-hydrogen) atoms. The normalized spacial score (nSPS) is 18.0. The highest BCUT2D eigenvalue weighted by molar-refractivity contribution is 6.30. The molecule has 1 saturated heterocycles. The van der Waals surface area contributed by atoms with Gasteiger partial charge in [0.05, 0.1) is 13.2 Å². The van der Waals surface area contributed by atoms with Crippen LogP contribution in [0, 0.1) is 0 Å². The summed E-state index contributed by atoms with van der Waals surface area (Å²) in [6.45, 7) is 5.47. The fraction of sp³-hybridized carbons (Fsp3) is 0.412. The van der Waals surface area contributed by atoms with E-state index in [0.29, 0.717) is 30.5 Å². The molecule has 1 aliphatic rings. The van der Waals surface area contributed by atoms with Crippen LogP contribution < -0.4 is 5.32 Å². The molecule has 7 heteroatoms. The molecule has 0 bridgehead atoms. The summed E-state index contributed by atoms with van der Waals surface area (Å²) in [5, 5.41) is 7.30. The Labute approximate surface area is 145 Å². The summed E-state index contributed by atoms with van der Waals surface area (Å²) in [4.78, 5) is 14.1. The van der Waals surface area contributed by atoms with Crippen LogP contribution in [0.3, 0.4) is 0 Å². The summed E-state index contributed by atoms with van der Waals surface area (Å²) >= 11 is 6.03. The predicted octanol–water partition coefficient (Wildman–Crippen LogP) is 4.06. The number of amides is 2. The molecule has 6 nitrogen and oxygen atoms in total. The highest BCUT2D eigenvalue weighted by Crippen LogP contribution is 2.25. The molecule has 0 spiro atoms. The van der Waals surface area contributed by atoms with Crippen LogP contribution in [0.4, 0.5) is 10.6 Å². The van der Waals surface area contributed by atoms with Crippen LogP contribution in [0.25, 0.3) is 0 Å². The van der Waals surface area contributed by atoms with Crippen molar-refractivity contribution < 1.29 is 14.1 Å². The van der Waals surface area contributed by atoms with Crippen LogP contribution in [0.15, 0.2) is 34.9 Å². The summed E-state index contributed by atoms with van der Waals surface area (Å²) in [7, 11) is 0. The van der Waals surface area contributed by atoms with Crippen molar-refractivity contribution in [1.29, 1.82) is 0 Å². The molecule has 0 aliphatic carbocycles. The predicted molar refractivity (Wildman–Crippen MR) is 91.3 cm³/mol. The molecule has 0 saturated carbocycles. The minimum Gasteiger partial charge on any atom is -0.370 e. The van der Waals surface area contributed by atoms with Crippen LogP contribution in [0.1, 0.15) is 37.2 Å². The van der Waals surface area contributed by atoms with Gasteiger partial charge >= 0.3 is 6.03 Å². The van der Waals surface area contributed by atoms with E-state index in [9.17, 15) is 4.79 Å². The van der Waals surface area contributed by atoms with Crippen LogP contribution >= 0.6 is 11.6 Å². The topological polar surface area (TPSA) is 67.6 Å². The lowest BCUT2D eigenvalue weighted by Gasteiger charge is -2.33. The highest BCUT2D eigenvalue weighted by Gasteiger charge is 2.26. The minimum atomic E-state index is -0.214. The molecule has 2 amide bonds. The Morgan fingerprint density at radius 3 is 2.96 bits per heavy atom. The third-order valence-electron chi connectivity index (χ3n) is 3.91. The molecule has 3 rings (SSSR count). The molecule has 1 aromatic carbocycles. The first-order chi connectivity index (χ1) is 11.5. The standard InChI is InChI=1S/C17H20ClN3O3/c1-11(2)14-9-16(20-24-14)19-17(22)21-6-7-23-15(10-21)12-4-3-5-13(18)8-12/h3-5,8-9,11,15H,6-7,10H2,1-2H3,(H,19,20,22). The molecule has 1 aliphatic heterocycles. The van der Waals surface area contributed by atoms with Crippen molar-refractivity contribution >= 4 is 23.4 Å². The molecule has 0 radical (unpaired) electrons. The van der Waals surface area contributed by atoms with E-state index in [4.69, 9.17) is 20.9 Å². The third-order valence-corrected chi connectivity index (χ3v) is 4.14. The number of nitrogens with one attached hydrogen (secondary N) is 1. The van der Waals surface area contributed by atoms with E-state index in [1.54, 1.807) is 11.0 Å². The fourth-order valence-electron chi connectivity index (χ4n) is 2.55. The first kappa shape index (κ1) is 16.8.